The number of carbonyl (C=O) groups excluding carboxylic acids is 1. The lowest BCUT2D eigenvalue weighted by Crippen LogP contribution is -2.62. The zero-order valence-corrected chi connectivity index (χ0v) is 44.7. The number of carbonyl (C=O) groups is 1. The summed E-state index contributed by atoms with van der Waals surface area (Å²) in [7, 11) is 0. The van der Waals surface area contributed by atoms with Crippen LogP contribution in [0.4, 0.5) is 0 Å². The van der Waals surface area contributed by atoms with Gasteiger partial charge < -0.3 is 81.3 Å². The van der Waals surface area contributed by atoms with E-state index in [4.69, 9.17) is 71.1 Å². The van der Waals surface area contributed by atoms with E-state index in [1.807, 2.05) is 0 Å². The molecule has 0 aromatic rings. The van der Waals surface area contributed by atoms with Crippen LogP contribution in [0.15, 0.2) is 24.3 Å². The van der Waals surface area contributed by atoms with Gasteiger partial charge in [0.2, 0.25) is 0 Å². The van der Waals surface area contributed by atoms with Gasteiger partial charge in [0.15, 0.2) is 17.4 Å². The van der Waals surface area contributed by atoms with Gasteiger partial charge in [0.1, 0.15) is 42.7 Å². The third kappa shape index (κ3) is 8.56. The minimum absolute atomic E-state index is 0.0127. The molecule has 16 fully saturated rings. The van der Waals surface area contributed by atoms with Crippen LogP contribution in [0.2, 0.25) is 0 Å². The summed E-state index contributed by atoms with van der Waals surface area (Å²) in [6.07, 6.45) is 3.22. The van der Waals surface area contributed by atoms with Crippen molar-refractivity contribution in [2.45, 2.75) is 301 Å². The van der Waals surface area contributed by atoms with E-state index < -0.39 is 60.1 Å². The molecule has 16 aliphatic rings. The molecule has 76 heavy (non-hydrogen) atoms. The molecule has 422 valence electrons. The summed E-state index contributed by atoms with van der Waals surface area (Å²) < 4.78 is 103. The van der Waals surface area contributed by atoms with Crippen molar-refractivity contribution < 1.29 is 86.1 Å². The molecule has 18 heteroatoms. The molecule has 0 radical (unpaired) electrons. The van der Waals surface area contributed by atoms with Crippen molar-refractivity contribution in [3.63, 3.8) is 0 Å². The lowest BCUT2D eigenvalue weighted by atomic mass is 9.78. The smallest absolute Gasteiger partial charge is 0.308 e. The molecule has 3 spiro atoms. The molecule has 18 nitrogen and oxygen atoms in total. The number of esters is 1. The molecule has 16 heterocycles. The summed E-state index contributed by atoms with van der Waals surface area (Å²) in [4.78, 5) is 14.5. The van der Waals surface area contributed by atoms with Crippen LogP contribution < -0.4 is 0 Å². The Labute approximate surface area is 446 Å². The molecule has 0 aliphatic carbocycles. The maximum Gasteiger partial charge on any atom is 0.308 e. The standard InChI is InChI=1S/C58H82O18/c1-25-13-31-7-9-35-26(2)14-33(62-35)11-12-56-22-43-52(75-56)53-54(68-43)55(76-56)51-36(66-53)10-8-32(64-51)15-46(61)70-50-30(6)49-40(65-39(50)17-37(63-31)29(25)5)18-38-42(67-49)21-58(71-38)23-44-48(74-58)28(4)20-57(73-44)19-27(3)47-41(72-57)16-34(60)45(24-59)69-47/h25,27-28,30-45,47-55,59-60H,2,5,7-24H2,1,3-4,6H3/t25-,27+,28+,30+,31?,32?,33?,34?,35?,36?,37?,38-,39?,40+,41?,42-,43-,44?,45?,47+,48+,49+,50?,51+,52?,53?,54?,55?,56+,57-,58-/m1/s1. The molecule has 0 saturated carbocycles. The second-order valence-electron chi connectivity index (χ2n) is 26.7. The summed E-state index contributed by atoms with van der Waals surface area (Å²) in [6, 6.07) is 0. The quantitative estimate of drug-likeness (QED) is 0.258. The first-order valence-corrected chi connectivity index (χ1v) is 29.7. The van der Waals surface area contributed by atoms with Crippen LogP contribution in [-0.2, 0) is 75.8 Å². The van der Waals surface area contributed by atoms with Gasteiger partial charge in [-0.3, -0.25) is 4.79 Å². The van der Waals surface area contributed by atoms with Crippen LogP contribution in [0.3, 0.4) is 0 Å². The number of aliphatic hydroxyl groups is 2. The summed E-state index contributed by atoms with van der Waals surface area (Å²) in [5, 5.41) is 20.6. The highest BCUT2D eigenvalue weighted by Gasteiger charge is 2.70. The highest BCUT2D eigenvalue weighted by molar-refractivity contribution is 5.70. The molecule has 16 rings (SSSR count). The third-order valence-corrected chi connectivity index (χ3v) is 21.4. The topological polar surface area (TPSA) is 196 Å². The minimum atomic E-state index is -0.911. The summed E-state index contributed by atoms with van der Waals surface area (Å²) in [6.45, 7) is 17.6. The largest absolute Gasteiger partial charge is 0.459 e. The van der Waals surface area contributed by atoms with E-state index in [1.54, 1.807) is 0 Å². The second-order valence-corrected chi connectivity index (χ2v) is 26.7. The van der Waals surface area contributed by atoms with E-state index in [-0.39, 0.29) is 146 Å². The normalized spacial score (nSPS) is 59.3. The Morgan fingerprint density at radius 1 is 0.487 bits per heavy atom. The van der Waals surface area contributed by atoms with E-state index in [0.29, 0.717) is 64.2 Å². The van der Waals surface area contributed by atoms with Gasteiger partial charge in [-0.25, -0.2) is 0 Å². The summed E-state index contributed by atoms with van der Waals surface area (Å²) >= 11 is 0. The van der Waals surface area contributed by atoms with Crippen molar-refractivity contribution in [3.8, 4) is 0 Å². The van der Waals surface area contributed by atoms with Crippen molar-refractivity contribution in [1.82, 2.24) is 0 Å². The molecule has 16 aliphatic heterocycles. The Hall–Kier alpha value is -1.69. The maximum atomic E-state index is 14.5. The molecular formula is C58H82O18. The molecular weight excluding hydrogens is 985 g/mol. The van der Waals surface area contributed by atoms with Crippen molar-refractivity contribution >= 4 is 5.97 Å². The summed E-state index contributed by atoms with van der Waals surface area (Å²) in [5.41, 5.74) is 2.16. The Morgan fingerprint density at radius 3 is 2.01 bits per heavy atom. The fourth-order valence-electron chi connectivity index (χ4n) is 17.8. The second kappa shape index (κ2) is 18.9. The van der Waals surface area contributed by atoms with Crippen LogP contribution in [0.25, 0.3) is 0 Å². The van der Waals surface area contributed by atoms with Gasteiger partial charge in [0, 0.05) is 63.7 Å². The average Bonchev–Trinajstić information content (AvgIpc) is 4.36. The van der Waals surface area contributed by atoms with Gasteiger partial charge >= 0.3 is 5.97 Å². The van der Waals surface area contributed by atoms with Crippen LogP contribution in [0.1, 0.15) is 137 Å². The first-order chi connectivity index (χ1) is 36.6. The zero-order valence-electron chi connectivity index (χ0n) is 44.7. The minimum Gasteiger partial charge on any atom is -0.459 e. The molecule has 2 N–H and O–H groups in total. The molecule has 16 unspecified atom stereocenters. The van der Waals surface area contributed by atoms with Crippen LogP contribution in [0, 0.1) is 23.7 Å². The van der Waals surface area contributed by atoms with E-state index in [0.717, 1.165) is 49.7 Å². The molecule has 16 saturated heterocycles. The zero-order chi connectivity index (χ0) is 51.7. The number of ether oxygens (including phenoxy) is 15. The Morgan fingerprint density at radius 2 is 1.16 bits per heavy atom. The fourth-order valence-corrected chi connectivity index (χ4v) is 17.8. The van der Waals surface area contributed by atoms with E-state index in [9.17, 15) is 15.0 Å². The van der Waals surface area contributed by atoms with Gasteiger partial charge in [0.05, 0.1) is 117 Å². The monoisotopic (exact) mass is 1070 g/mol. The van der Waals surface area contributed by atoms with Gasteiger partial charge in [-0.05, 0) is 73.8 Å². The van der Waals surface area contributed by atoms with E-state index in [2.05, 4.69) is 40.9 Å². The SMILES string of the molecule is C=C1CC2CC[C@@]34C[C@H]5OC6C(OC7CCC(CC(=O)OC8C(CC9OC(CCC1O2)C[C@@H](C)C9=C)O[C@H]1C[C@H]2O[C@]9(CC%10O[C@]%11(C[C@H](C)[C@@H]%12OC(CO)C(O)CC%12O%11)C[C@H](C)[C@@H]%10O9)C[C@H]2O[C@H]1[C@@H]8C)O[C@@H]7C6O3)C5O4. The lowest BCUT2D eigenvalue weighted by molar-refractivity contribution is -0.371. The first kappa shape index (κ1) is 51.2. The Bertz CT molecular complexity index is 2270. The highest BCUT2D eigenvalue weighted by atomic mass is 16.8. The summed E-state index contributed by atoms with van der Waals surface area (Å²) in [5.74, 6) is -2.71. The number of fused-ring (bicyclic) bond motifs is 10. The van der Waals surface area contributed by atoms with E-state index in [1.165, 1.54) is 0 Å². The number of hydrogen-bond donors (Lipinski definition) is 2. The lowest BCUT2D eigenvalue weighted by Gasteiger charge is -2.54. The predicted octanol–water partition coefficient (Wildman–Crippen LogP) is 5.17. The molecule has 12 bridgehead atoms. The molecule has 31 atom stereocenters. The predicted molar refractivity (Wildman–Crippen MR) is 263 cm³/mol. The van der Waals surface area contributed by atoms with Crippen molar-refractivity contribution in [2.75, 3.05) is 6.61 Å². The first-order valence-electron chi connectivity index (χ1n) is 29.7. The van der Waals surface area contributed by atoms with Crippen molar-refractivity contribution in [1.29, 1.82) is 0 Å². The van der Waals surface area contributed by atoms with Gasteiger partial charge in [-0.2, -0.15) is 0 Å². The van der Waals surface area contributed by atoms with Crippen molar-refractivity contribution in [3.05, 3.63) is 24.3 Å². The van der Waals surface area contributed by atoms with Crippen molar-refractivity contribution in [2.24, 2.45) is 23.7 Å². The van der Waals surface area contributed by atoms with Crippen LogP contribution in [0.5, 0.6) is 0 Å². The van der Waals surface area contributed by atoms with Crippen LogP contribution >= 0.6 is 0 Å². The van der Waals surface area contributed by atoms with E-state index >= 15 is 0 Å². The third-order valence-electron chi connectivity index (χ3n) is 21.4. The van der Waals surface area contributed by atoms with Gasteiger partial charge in [-0.15, -0.1) is 0 Å². The molecule has 0 amide bonds. The van der Waals surface area contributed by atoms with Gasteiger partial charge in [0.25, 0.3) is 0 Å². The molecule has 0 aromatic heterocycles. The number of aliphatic hydroxyl groups excluding tert-OH is 2. The Balaban J connectivity index is 0.669. The fraction of sp³-hybridized carbons (Fsp3) is 0.914. The number of hydrogen-bond acceptors (Lipinski definition) is 18. The number of rotatable bonds is 1. The molecule has 0 aromatic carbocycles. The highest BCUT2D eigenvalue weighted by Crippen LogP contribution is 2.58. The average molecular weight is 1070 g/mol. The van der Waals surface area contributed by atoms with Gasteiger partial charge in [-0.1, -0.05) is 40.9 Å². The maximum absolute atomic E-state index is 14.5. The Kier molecular flexibility index (Phi) is 12.8. The van der Waals surface area contributed by atoms with Crippen LogP contribution in [-0.4, -0.2) is 187 Å².